The molecule has 0 bridgehead atoms. The number of rotatable bonds is 4. The fraction of sp³-hybridized carbons (Fsp3) is 0.455. The molecule has 5 heteroatoms. The van der Waals surface area contributed by atoms with Gasteiger partial charge in [-0.3, -0.25) is 9.30 Å². The van der Waals surface area contributed by atoms with Gasteiger partial charge in [0.15, 0.2) is 0 Å². The van der Waals surface area contributed by atoms with Crippen LogP contribution < -0.4 is 5.73 Å². The van der Waals surface area contributed by atoms with Gasteiger partial charge in [-0.25, -0.2) is 9.97 Å². The normalized spacial score (nSPS) is 13.5. The minimum absolute atomic E-state index is 0.359. The van der Waals surface area contributed by atoms with Crippen LogP contribution in [0.25, 0.3) is 5.78 Å². The van der Waals surface area contributed by atoms with Crippen molar-refractivity contribution in [2.75, 3.05) is 13.6 Å². The number of aromatic nitrogens is 3. The van der Waals surface area contributed by atoms with Crippen molar-refractivity contribution in [3.63, 3.8) is 0 Å². The molecule has 0 aliphatic heterocycles. The summed E-state index contributed by atoms with van der Waals surface area (Å²) >= 11 is 0. The molecule has 0 radical (unpaired) electrons. The lowest BCUT2D eigenvalue weighted by Crippen LogP contribution is -2.34. The third kappa shape index (κ3) is 2.20. The zero-order chi connectivity index (χ0) is 11.5. The summed E-state index contributed by atoms with van der Waals surface area (Å²) in [7, 11) is 2.05. The molecule has 1 unspecified atom stereocenters. The number of fused-ring (bicyclic) bond motifs is 1. The van der Waals surface area contributed by atoms with E-state index in [9.17, 15) is 0 Å². The Bertz CT molecular complexity index is 431. The highest BCUT2D eigenvalue weighted by atomic mass is 15.2. The highest BCUT2D eigenvalue weighted by Crippen LogP contribution is 2.06. The van der Waals surface area contributed by atoms with E-state index in [0.717, 1.165) is 18.0 Å². The molecule has 16 heavy (non-hydrogen) atoms. The maximum atomic E-state index is 5.62. The van der Waals surface area contributed by atoms with Crippen LogP contribution in [0.4, 0.5) is 0 Å². The predicted molar refractivity (Wildman–Crippen MR) is 63.0 cm³/mol. The molecule has 0 aliphatic rings. The third-order valence-corrected chi connectivity index (χ3v) is 2.79. The SMILES string of the molecule is CC(CN)N(C)Cc1cn2cccnc2n1. The Morgan fingerprint density at radius 2 is 2.38 bits per heavy atom. The minimum atomic E-state index is 0.359. The second kappa shape index (κ2) is 4.59. The van der Waals surface area contributed by atoms with Crippen LogP contribution >= 0.6 is 0 Å². The first-order chi connectivity index (χ1) is 7.70. The van der Waals surface area contributed by atoms with Crippen LogP contribution in [0.2, 0.25) is 0 Å². The fourth-order valence-electron chi connectivity index (χ4n) is 1.55. The van der Waals surface area contributed by atoms with E-state index in [1.807, 2.05) is 22.9 Å². The summed E-state index contributed by atoms with van der Waals surface area (Å²) in [5.41, 5.74) is 6.64. The van der Waals surface area contributed by atoms with Gasteiger partial charge in [0.05, 0.1) is 5.69 Å². The van der Waals surface area contributed by atoms with Crippen LogP contribution in [-0.4, -0.2) is 38.9 Å². The highest BCUT2D eigenvalue weighted by molar-refractivity contribution is 5.29. The molecule has 1 atom stereocenters. The van der Waals surface area contributed by atoms with E-state index in [4.69, 9.17) is 5.73 Å². The van der Waals surface area contributed by atoms with Crippen molar-refractivity contribution in [1.82, 2.24) is 19.3 Å². The monoisotopic (exact) mass is 219 g/mol. The maximum Gasteiger partial charge on any atom is 0.233 e. The summed E-state index contributed by atoms with van der Waals surface area (Å²) in [5, 5.41) is 0. The number of likely N-dealkylation sites (N-methyl/N-ethyl adjacent to an activating group) is 1. The lowest BCUT2D eigenvalue weighted by atomic mass is 10.3. The van der Waals surface area contributed by atoms with E-state index in [0.29, 0.717) is 12.6 Å². The van der Waals surface area contributed by atoms with Crippen molar-refractivity contribution in [2.45, 2.75) is 19.5 Å². The molecule has 0 aromatic carbocycles. The summed E-state index contributed by atoms with van der Waals surface area (Å²) in [6.07, 6.45) is 5.70. The molecule has 2 aromatic rings. The van der Waals surface area contributed by atoms with Gasteiger partial charge in [0.2, 0.25) is 5.78 Å². The zero-order valence-corrected chi connectivity index (χ0v) is 9.67. The van der Waals surface area contributed by atoms with Gasteiger partial charge >= 0.3 is 0 Å². The van der Waals surface area contributed by atoms with E-state index in [1.165, 1.54) is 0 Å². The Morgan fingerprint density at radius 1 is 1.56 bits per heavy atom. The first kappa shape index (κ1) is 11.0. The Morgan fingerprint density at radius 3 is 3.06 bits per heavy atom. The number of nitrogens with two attached hydrogens (primary N) is 1. The average Bonchev–Trinajstić information content (AvgIpc) is 2.69. The lowest BCUT2D eigenvalue weighted by molar-refractivity contribution is 0.252. The van der Waals surface area contributed by atoms with Crippen LogP contribution in [0.1, 0.15) is 12.6 Å². The minimum Gasteiger partial charge on any atom is -0.329 e. The molecular formula is C11H17N5. The molecule has 86 valence electrons. The van der Waals surface area contributed by atoms with Crippen LogP contribution in [0.15, 0.2) is 24.7 Å². The Kier molecular flexibility index (Phi) is 3.17. The second-order valence-corrected chi connectivity index (χ2v) is 4.06. The Hall–Kier alpha value is -1.46. The second-order valence-electron chi connectivity index (χ2n) is 4.06. The largest absolute Gasteiger partial charge is 0.329 e. The lowest BCUT2D eigenvalue weighted by Gasteiger charge is -2.21. The molecule has 2 N–H and O–H groups in total. The van der Waals surface area contributed by atoms with Crippen LogP contribution in [0.3, 0.4) is 0 Å². The van der Waals surface area contributed by atoms with Crippen molar-refractivity contribution >= 4 is 5.78 Å². The van der Waals surface area contributed by atoms with Crippen molar-refractivity contribution < 1.29 is 0 Å². The molecule has 0 saturated heterocycles. The topological polar surface area (TPSA) is 59.5 Å². The molecule has 0 spiro atoms. The van der Waals surface area contributed by atoms with Gasteiger partial charge < -0.3 is 5.73 Å². The van der Waals surface area contributed by atoms with Gasteiger partial charge in [0, 0.05) is 37.7 Å². The van der Waals surface area contributed by atoms with E-state index in [-0.39, 0.29) is 0 Å². The van der Waals surface area contributed by atoms with Gasteiger partial charge in [-0.1, -0.05) is 0 Å². The van der Waals surface area contributed by atoms with Crippen LogP contribution in [0, 0.1) is 0 Å². The van der Waals surface area contributed by atoms with Crippen molar-refractivity contribution in [1.29, 1.82) is 0 Å². The van der Waals surface area contributed by atoms with E-state index < -0.39 is 0 Å². The van der Waals surface area contributed by atoms with Crippen LogP contribution in [0.5, 0.6) is 0 Å². The van der Waals surface area contributed by atoms with Crippen LogP contribution in [-0.2, 0) is 6.54 Å². The molecule has 0 amide bonds. The predicted octanol–water partition coefficient (Wildman–Crippen LogP) is 0.508. The van der Waals surface area contributed by atoms with Gasteiger partial charge in [0.25, 0.3) is 0 Å². The number of hydrogen-bond acceptors (Lipinski definition) is 4. The molecular weight excluding hydrogens is 202 g/mol. The van der Waals surface area contributed by atoms with Gasteiger partial charge in [-0.05, 0) is 20.0 Å². The molecule has 0 saturated carbocycles. The summed E-state index contributed by atoms with van der Waals surface area (Å²) in [6.45, 7) is 3.55. The smallest absolute Gasteiger partial charge is 0.233 e. The van der Waals surface area contributed by atoms with E-state index >= 15 is 0 Å². The van der Waals surface area contributed by atoms with Gasteiger partial charge in [-0.2, -0.15) is 0 Å². The van der Waals surface area contributed by atoms with E-state index in [1.54, 1.807) is 6.20 Å². The standard InChI is InChI=1S/C11H17N5/c1-9(6-12)15(2)7-10-8-16-5-3-4-13-11(16)14-10/h3-5,8-9H,6-7,12H2,1-2H3. The van der Waals surface area contributed by atoms with E-state index in [2.05, 4.69) is 28.8 Å². The highest BCUT2D eigenvalue weighted by Gasteiger charge is 2.10. The van der Waals surface area contributed by atoms with Crippen molar-refractivity contribution in [3.8, 4) is 0 Å². The summed E-state index contributed by atoms with van der Waals surface area (Å²) in [6, 6.07) is 2.25. The Balaban J connectivity index is 2.15. The molecule has 5 nitrogen and oxygen atoms in total. The number of nitrogens with zero attached hydrogens (tertiary/aromatic N) is 4. The van der Waals surface area contributed by atoms with Crippen molar-refractivity contribution in [2.24, 2.45) is 5.73 Å². The summed E-state index contributed by atoms with van der Waals surface area (Å²) in [4.78, 5) is 10.8. The third-order valence-electron chi connectivity index (χ3n) is 2.79. The summed E-state index contributed by atoms with van der Waals surface area (Å²) in [5.74, 6) is 0.742. The fourth-order valence-corrected chi connectivity index (χ4v) is 1.55. The molecule has 2 rings (SSSR count). The number of imidazole rings is 1. The molecule has 2 aromatic heterocycles. The maximum absolute atomic E-state index is 5.62. The summed E-state index contributed by atoms with van der Waals surface area (Å²) < 4.78 is 1.93. The molecule has 0 fully saturated rings. The average molecular weight is 219 g/mol. The Labute approximate surface area is 94.9 Å². The molecule has 0 aliphatic carbocycles. The van der Waals surface area contributed by atoms with Gasteiger partial charge in [-0.15, -0.1) is 0 Å². The zero-order valence-electron chi connectivity index (χ0n) is 9.67. The molecule has 2 heterocycles. The first-order valence-corrected chi connectivity index (χ1v) is 5.39. The first-order valence-electron chi connectivity index (χ1n) is 5.39. The van der Waals surface area contributed by atoms with Crippen molar-refractivity contribution in [3.05, 3.63) is 30.4 Å². The quantitative estimate of drug-likeness (QED) is 0.814. The van der Waals surface area contributed by atoms with Gasteiger partial charge in [0.1, 0.15) is 0 Å². The number of hydrogen-bond donors (Lipinski definition) is 1.